The third kappa shape index (κ3) is 1.31. The van der Waals surface area contributed by atoms with Crippen molar-refractivity contribution in [1.82, 2.24) is 0 Å². The van der Waals surface area contributed by atoms with Gasteiger partial charge in [-0.2, -0.15) is 0 Å². The van der Waals surface area contributed by atoms with Gasteiger partial charge in [0.15, 0.2) is 0 Å². The third-order valence-electron chi connectivity index (χ3n) is 2.48. The number of rotatable bonds is 0. The van der Waals surface area contributed by atoms with Crippen LogP contribution in [0.3, 0.4) is 0 Å². The molecule has 15 heavy (non-hydrogen) atoms. The molecule has 0 aliphatic carbocycles. The molecule has 3 rings (SSSR count). The Morgan fingerprint density at radius 2 is 1.93 bits per heavy atom. The fraction of sp³-hybridized carbons (Fsp3) is 0. The molecule has 0 bridgehead atoms. The minimum absolute atomic E-state index is 1.02. The Bertz CT molecular complexity index is 507. The number of para-hydroxylation sites is 2. The van der Waals surface area contributed by atoms with Crippen molar-refractivity contribution in [2.45, 2.75) is 0 Å². The molecule has 2 heterocycles. The van der Waals surface area contributed by atoms with Crippen LogP contribution in [0.4, 0.5) is 11.4 Å². The molecular weight excluding hydrogens is 184 g/mol. The standard InChI is InChI=1S/C13H10N2/c1-2-6-11-10-14-12-7-3-4-8-13(12)15(11)9-5-1/h1-10H. The first-order chi connectivity index (χ1) is 7.45. The molecule has 0 spiro atoms. The summed E-state index contributed by atoms with van der Waals surface area (Å²) in [6, 6.07) is 8.14. The molecular formula is C13H10N2. The van der Waals surface area contributed by atoms with Crippen molar-refractivity contribution in [3.05, 3.63) is 60.5 Å². The number of hydrogen-bond donors (Lipinski definition) is 0. The maximum Gasteiger partial charge on any atom is 0.0870 e. The third-order valence-corrected chi connectivity index (χ3v) is 2.48. The number of aliphatic imine (C=N–C) groups is 1. The molecule has 0 saturated carbocycles. The van der Waals surface area contributed by atoms with E-state index in [4.69, 9.17) is 0 Å². The van der Waals surface area contributed by atoms with Crippen molar-refractivity contribution in [1.29, 1.82) is 0 Å². The van der Waals surface area contributed by atoms with Crippen molar-refractivity contribution < 1.29 is 0 Å². The van der Waals surface area contributed by atoms with Crippen LogP contribution in [0.25, 0.3) is 0 Å². The number of benzene rings is 1. The summed E-state index contributed by atoms with van der Waals surface area (Å²) in [6.07, 6.45) is 12.1. The second-order valence-corrected chi connectivity index (χ2v) is 3.43. The van der Waals surface area contributed by atoms with E-state index >= 15 is 0 Å². The number of hydrogen-bond acceptors (Lipinski definition) is 2. The van der Waals surface area contributed by atoms with Gasteiger partial charge in [-0.15, -0.1) is 0 Å². The van der Waals surface area contributed by atoms with Crippen LogP contribution < -0.4 is 4.90 Å². The van der Waals surface area contributed by atoms with Gasteiger partial charge in [0.2, 0.25) is 0 Å². The Morgan fingerprint density at radius 3 is 2.93 bits per heavy atom. The van der Waals surface area contributed by atoms with Gasteiger partial charge in [0.1, 0.15) is 0 Å². The van der Waals surface area contributed by atoms with E-state index in [0.717, 1.165) is 17.1 Å². The topological polar surface area (TPSA) is 15.6 Å². The molecule has 0 fully saturated rings. The summed E-state index contributed by atoms with van der Waals surface area (Å²) in [7, 11) is 0. The highest BCUT2D eigenvalue weighted by atomic mass is 15.2. The molecule has 1 aromatic rings. The number of fused-ring (bicyclic) bond motifs is 3. The van der Waals surface area contributed by atoms with Crippen LogP contribution in [0.5, 0.6) is 0 Å². The van der Waals surface area contributed by atoms with Crippen molar-refractivity contribution in [3.8, 4) is 0 Å². The van der Waals surface area contributed by atoms with Crippen LogP contribution in [-0.2, 0) is 0 Å². The van der Waals surface area contributed by atoms with Crippen LogP contribution in [0, 0.1) is 0 Å². The molecule has 0 radical (unpaired) electrons. The minimum atomic E-state index is 1.02. The molecule has 0 aromatic heterocycles. The minimum Gasteiger partial charge on any atom is -0.314 e. The number of anilines is 1. The molecule has 0 N–H and O–H groups in total. The molecule has 0 amide bonds. The van der Waals surface area contributed by atoms with E-state index in [1.54, 1.807) is 0 Å². The summed E-state index contributed by atoms with van der Waals surface area (Å²) in [5.41, 5.74) is 3.24. The van der Waals surface area contributed by atoms with E-state index in [-0.39, 0.29) is 0 Å². The lowest BCUT2D eigenvalue weighted by Gasteiger charge is -2.25. The predicted octanol–water partition coefficient (Wildman–Crippen LogP) is 3.18. The number of nitrogens with zero attached hydrogens (tertiary/aromatic N) is 2. The Balaban J connectivity index is 2.20. The largest absolute Gasteiger partial charge is 0.314 e. The molecule has 0 saturated heterocycles. The van der Waals surface area contributed by atoms with Crippen LogP contribution in [0.2, 0.25) is 0 Å². The second kappa shape index (κ2) is 3.24. The molecule has 2 heteroatoms. The van der Waals surface area contributed by atoms with Crippen molar-refractivity contribution >= 4 is 17.6 Å². The first-order valence-electron chi connectivity index (χ1n) is 4.93. The van der Waals surface area contributed by atoms with Gasteiger partial charge in [0, 0.05) is 6.20 Å². The lowest BCUT2D eigenvalue weighted by atomic mass is 10.2. The van der Waals surface area contributed by atoms with Crippen molar-refractivity contribution in [2.75, 3.05) is 4.90 Å². The maximum atomic E-state index is 4.42. The summed E-state index contributed by atoms with van der Waals surface area (Å²) in [5.74, 6) is 0. The van der Waals surface area contributed by atoms with Crippen LogP contribution >= 0.6 is 0 Å². The molecule has 2 aliphatic rings. The zero-order valence-electron chi connectivity index (χ0n) is 8.17. The molecule has 0 atom stereocenters. The monoisotopic (exact) mass is 194 g/mol. The summed E-state index contributed by atoms with van der Waals surface area (Å²) >= 11 is 0. The van der Waals surface area contributed by atoms with Crippen LogP contribution in [0.15, 0.2) is 65.5 Å². The van der Waals surface area contributed by atoms with E-state index < -0.39 is 0 Å². The van der Waals surface area contributed by atoms with Gasteiger partial charge in [-0.05, 0) is 24.3 Å². The van der Waals surface area contributed by atoms with Gasteiger partial charge in [-0.3, -0.25) is 4.99 Å². The lowest BCUT2D eigenvalue weighted by molar-refractivity contribution is 1.21. The molecule has 1 aromatic carbocycles. The average molecular weight is 194 g/mol. The zero-order chi connectivity index (χ0) is 10.1. The van der Waals surface area contributed by atoms with E-state index in [2.05, 4.69) is 28.2 Å². The van der Waals surface area contributed by atoms with Gasteiger partial charge in [0.25, 0.3) is 0 Å². The van der Waals surface area contributed by atoms with Crippen LogP contribution in [-0.4, -0.2) is 6.21 Å². The summed E-state index contributed by atoms with van der Waals surface area (Å²) < 4.78 is 0. The predicted molar refractivity (Wildman–Crippen MR) is 63.4 cm³/mol. The highest BCUT2D eigenvalue weighted by molar-refractivity contribution is 5.94. The number of allylic oxidation sites excluding steroid dienone is 5. The van der Waals surface area contributed by atoms with Gasteiger partial charge in [-0.1, -0.05) is 24.3 Å². The normalized spacial score (nSPS) is 16.8. The summed E-state index contributed by atoms with van der Waals surface area (Å²) in [6.45, 7) is 0. The highest BCUT2D eigenvalue weighted by Crippen LogP contribution is 2.34. The maximum absolute atomic E-state index is 4.42. The van der Waals surface area contributed by atoms with Gasteiger partial charge >= 0.3 is 0 Å². The smallest absolute Gasteiger partial charge is 0.0870 e. The van der Waals surface area contributed by atoms with Crippen LogP contribution in [0.1, 0.15) is 0 Å². The SMILES string of the molecule is C1=CC=C2C=Nc3ccccc3N2C=C1. The highest BCUT2D eigenvalue weighted by Gasteiger charge is 2.15. The average Bonchev–Trinajstić information content (AvgIpc) is 2.54. The lowest BCUT2D eigenvalue weighted by Crippen LogP contribution is -2.18. The zero-order valence-corrected chi connectivity index (χ0v) is 8.17. The Kier molecular flexibility index (Phi) is 1.78. The van der Waals surface area contributed by atoms with E-state index in [1.807, 2.05) is 42.6 Å². The first kappa shape index (κ1) is 8.24. The molecule has 2 aliphatic heterocycles. The Morgan fingerprint density at radius 1 is 1.00 bits per heavy atom. The van der Waals surface area contributed by atoms with E-state index in [1.165, 1.54) is 0 Å². The molecule has 2 nitrogen and oxygen atoms in total. The fourth-order valence-electron chi connectivity index (χ4n) is 1.76. The summed E-state index contributed by atoms with van der Waals surface area (Å²) in [5, 5.41) is 0. The van der Waals surface area contributed by atoms with Crippen molar-refractivity contribution in [2.24, 2.45) is 4.99 Å². The summed E-state index contributed by atoms with van der Waals surface area (Å²) in [4.78, 5) is 6.56. The van der Waals surface area contributed by atoms with Crippen molar-refractivity contribution in [3.63, 3.8) is 0 Å². The Labute approximate surface area is 88.6 Å². The molecule has 0 unspecified atom stereocenters. The fourth-order valence-corrected chi connectivity index (χ4v) is 1.76. The van der Waals surface area contributed by atoms with Gasteiger partial charge in [0.05, 0.1) is 23.3 Å². The quantitative estimate of drug-likeness (QED) is 0.619. The van der Waals surface area contributed by atoms with Gasteiger partial charge < -0.3 is 4.90 Å². The van der Waals surface area contributed by atoms with Gasteiger partial charge in [-0.25, -0.2) is 0 Å². The Hall–Kier alpha value is -2.09. The first-order valence-corrected chi connectivity index (χ1v) is 4.93. The second-order valence-electron chi connectivity index (χ2n) is 3.43. The van der Waals surface area contributed by atoms with E-state index in [9.17, 15) is 0 Å². The molecule has 72 valence electrons. The van der Waals surface area contributed by atoms with E-state index in [0.29, 0.717) is 0 Å².